The summed E-state index contributed by atoms with van der Waals surface area (Å²) in [6.07, 6.45) is 5.21. The van der Waals surface area contributed by atoms with Crippen molar-refractivity contribution in [1.82, 2.24) is 4.90 Å². The molecule has 0 aliphatic carbocycles. The van der Waals surface area contributed by atoms with Gasteiger partial charge in [-0.25, -0.2) is 0 Å². The average Bonchev–Trinajstić information content (AvgIpc) is 2.40. The topological polar surface area (TPSA) is 12.5 Å². The third-order valence-electron chi connectivity index (χ3n) is 4.09. The molecule has 2 rings (SSSR count). The van der Waals surface area contributed by atoms with Crippen molar-refractivity contribution >= 4 is 0 Å². The number of para-hydroxylation sites is 1. The van der Waals surface area contributed by atoms with E-state index in [0.717, 1.165) is 12.4 Å². The normalized spacial score (nSPS) is 20.5. The van der Waals surface area contributed by atoms with Crippen LogP contribution in [0, 0.1) is 13.8 Å². The zero-order valence-electron chi connectivity index (χ0n) is 12.6. The summed E-state index contributed by atoms with van der Waals surface area (Å²) in [5.41, 5.74) is 2.50. The number of likely N-dealkylation sites (tertiary alicyclic amines) is 1. The van der Waals surface area contributed by atoms with Gasteiger partial charge in [0.05, 0.1) is 0 Å². The Balaban J connectivity index is 1.96. The van der Waals surface area contributed by atoms with Crippen LogP contribution in [0.3, 0.4) is 0 Å². The molecule has 0 aromatic heterocycles. The molecular formula is C17H27NO. The van der Waals surface area contributed by atoms with Crippen molar-refractivity contribution in [3.05, 3.63) is 29.3 Å². The highest BCUT2D eigenvalue weighted by Crippen LogP contribution is 2.24. The molecule has 0 N–H and O–H groups in total. The van der Waals surface area contributed by atoms with Gasteiger partial charge in [-0.1, -0.05) is 31.5 Å². The van der Waals surface area contributed by atoms with E-state index in [1.165, 1.54) is 49.9 Å². The Bertz CT molecular complexity index is 380. The summed E-state index contributed by atoms with van der Waals surface area (Å²) in [5, 5.41) is 0. The molecule has 1 heterocycles. The molecule has 0 amide bonds. The Morgan fingerprint density at radius 3 is 2.63 bits per heavy atom. The Morgan fingerprint density at radius 1 is 1.21 bits per heavy atom. The molecule has 106 valence electrons. The molecular weight excluding hydrogens is 234 g/mol. The Labute approximate surface area is 117 Å². The van der Waals surface area contributed by atoms with Gasteiger partial charge in [-0.05, 0) is 57.3 Å². The van der Waals surface area contributed by atoms with E-state index < -0.39 is 0 Å². The average molecular weight is 261 g/mol. The first-order chi connectivity index (χ1) is 9.22. The van der Waals surface area contributed by atoms with Gasteiger partial charge < -0.3 is 4.74 Å². The largest absolute Gasteiger partial charge is 0.491 e. The molecule has 19 heavy (non-hydrogen) atoms. The number of piperidine rings is 1. The molecule has 0 radical (unpaired) electrons. The SMILES string of the molecule is CCCN1CCCCC1COc1c(C)cccc1C. The number of aryl methyl sites for hydroxylation is 2. The molecule has 0 bridgehead atoms. The van der Waals surface area contributed by atoms with Crippen LogP contribution < -0.4 is 4.74 Å². The summed E-state index contributed by atoms with van der Waals surface area (Å²) >= 11 is 0. The summed E-state index contributed by atoms with van der Waals surface area (Å²) in [6, 6.07) is 6.97. The summed E-state index contributed by atoms with van der Waals surface area (Å²) in [4.78, 5) is 2.61. The number of hydrogen-bond donors (Lipinski definition) is 0. The zero-order valence-corrected chi connectivity index (χ0v) is 12.6. The summed E-state index contributed by atoms with van der Waals surface area (Å²) in [7, 11) is 0. The van der Waals surface area contributed by atoms with Gasteiger partial charge in [0.25, 0.3) is 0 Å². The predicted octanol–water partition coefficient (Wildman–Crippen LogP) is 3.95. The van der Waals surface area contributed by atoms with Crippen molar-refractivity contribution in [3.8, 4) is 5.75 Å². The Kier molecular flexibility index (Phi) is 5.26. The first-order valence-electron chi connectivity index (χ1n) is 7.65. The first kappa shape index (κ1) is 14.4. The van der Waals surface area contributed by atoms with Crippen LogP contribution in [0.5, 0.6) is 5.75 Å². The van der Waals surface area contributed by atoms with Gasteiger partial charge in [-0.15, -0.1) is 0 Å². The highest BCUT2D eigenvalue weighted by atomic mass is 16.5. The van der Waals surface area contributed by atoms with Crippen LogP contribution in [0.1, 0.15) is 43.7 Å². The van der Waals surface area contributed by atoms with E-state index in [4.69, 9.17) is 4.74 Å². The van der Waals surface area contributed by atoms with E-state index >= 15 is 0 Å². The second-order valence-corrected chi connectivity index (χ2v) is 5.72. The highest BCUT2D eigenvalue weighted by molar-refractivity contribution is 5.39. The van der Waals surface area contributed by atoms with Gasteiger partial charge >= 0.3 is 0 Å². The van der Waals surface area contributed by atoms with E-state index in [1.807, 2.05) is 0 Å². The standard InChI is InChI=1S/C17H27NO/c1-4-11-18-12-6-5-10-16(18)13-19-17-14(2)8-7-9-15(17)3/h7-9,16H,4-6,10-13H2,1-3H3. The third kappa shape index (κ3) is 3.73. The van der Waals surface area contributed by atoms with Gasteiger partial charge in [-0.3, -0.25) is 4.90 Å². The Hall–Kier alpha value is -1.02. The maximum absolute atomic E-state index is 6.14. The van der Waals surface area contributed by atoms with Crippen LogP contribution in [0.25, 0.3) is 0 Å². The zero-order chi connectivity index (χ0) is 13.7. The van der Waals surface area contributed by atoms with Gasteiger partial charge in [0.15, 0.2) is 0 Å². The molecule has 2 nitrogen and oxygen atoms in total. The second-order valence-electron chi connectivity index (χ2n) is 5.72. The fourth-order valence-electron chi connectivity index (χ4n) is 3.04. The third-order valence-corrected chi connectivity index (χ3v) is 4.09. The number of rotatable bonds is 5. The van der Waals surface area contributed by atoms with Crippen molar-refractivity contribution in [2.24, 2.45) is 0 Å². The van der Waals surface area contributed by atoms with Gasteiger partial charge in [0, 0.05) is 6.04 Å². The lowest BCUT2D eigenvalue weighted by Crippen LogP contribution is -2.43. The predicted molar refractivity (Wildman–Crippen MR) is 80.9 cm³/mol. The monoisotopic (exact) mass is 261 g/mol. The summed E-state index contributed by atoms with van der Waals surface area (Å²) in [6.45, 7) is 9.82. The molecule has 0 saturated carbocycles. The minimum absolute atomic E-state index is 0.604. The highest BCUT2D eigenvalue weighted by Gasteiger charge is 2.22. The van der Waals surface area contributed by atoms with Crippen LogP contribution in [0.4, 0.5) is 0 Å². The number of ether oxygens (including phenoxy) is 1. The molecule has 1 atom stereocenters. The molecule has 1 saturated heterocycles. The fourth-order valence-corrected chi connectivity index (χ4v) is 3.04. The van der Waals surface area contributed by atoms with E-state index in [-0.39, 0.29) is 0 Å². The Morgan fingerprint density at radius 2 is 1.95 bits per heavy atom. The van der Waals surface area contributed by atoms with Crippen molar-refractivity contribution in [2.75, 3.05) is 19.7 Å². The van der Waals surface area contributed by atoms with Crippen molar-refractivity contribution < 1.29 is 4.74 Å². The molecule has 1 aromatic rings. The number of hydrogen-bond acceptors (Lipinski definition) is 2. The van der Waals surface area contributed by atoms with Crippen LogP contribution in [-0.2, 0) is 0 Å². The molecule has 1 aromatic carbocycles. The van der Waals surface area contributed by atoms with Gasteiger partial charge in [0.1, 0.15) is 12.4 Å². The summed E-state index contributed by atoms with van der Waals surface area (Å²) in [5.74, 6) is 1.09. The molecule has 1 fully saturated rings. The van der Waals surface area contributed by atoms with Gasteiger partial charge in [0.2, 0.25) is 0 Å². The lowest BCUT2D eigenvalue weighted by atomic mass is 10.0. The molecule has 2 heteroatoms. The van der Waals surface area contributed by atoms with E-state index in [2.05, 4.69) is 43.9 Å². The molecule has 0 spiro atoms. The van der Waals surface area contributed by atoms with Crippen LogP contribution >= 0.6 is 0 Å². The maximum atomic E-state index is 6.14. The van der Waals surface area contributed by atoms with Crippen molar-refractivity contribution in [2.45, 2.75) is 52.5 Å². The molecule has 1 unspecified atom stereocenters. The maximum Gasteiger partial charge on any atom is 0.125 e. The van der Waals surface area contributed by atoms with E-state index in [9.17, 15) is 0 Å². The van der Waals surface area contributed by atoms with Crippen molar-refractivity contribution in [3.63, 3.8) is 0 Å². The molecule has 1 aliphatic rings. The first-order valence-corrected chi connectivity index (χ1v) is 7.65. The minimum Gasteiger partial charge on any atom is -0.491 e. The number of nitrogens with zero attached hydrogens (tertiary/aromatic N) is 1. The minimum atomic E-state index is 0.604. The van der Waals surface area contributed by atoms with Crippen LogP contribution in [-0.4, -0.2) is 30.6 Å². The van der Waals surface area contributed by atoms with Crippen LogP contribution in [0.15, 0.2) is 18.2 Å². The van der Waals surface area contributed by atoms with Crippen molar-refractivity contribution in [1.29, 1.82) is 0 Å². The second kappa shape index (κ2) is 6.95. The summed E-state index contributed by atoms with van der Waals surface area (Å²) < 4.78 is 6.14. The smallest absolute Gasteiger partial charge is 0.125 e. The van der Waals surface area contributed by atoms with E-state index in [1.54, 1.807) is 0 Å². The molecule has 1 aliphatic heterocycles. The fraction of sp³-hybridized carbons (Fsp3) is 0.647. The quantitative estimate of drug-likeness (QED) is 0.796. The lowest BCUT2D eigenvalue weighted by Gasteiger charge is -2.35. The van der Waals surface area contributed by atoms with Crippen LogP contribution in [0.2, 0.25) is 0 Å². The van der Waals surface area contributed by atoms with Gasteiger partial charge in [-0.2, -0.15) is 0 Å². The number of benzene rings is 1. The lowest BCUT2D eigenvalue weighted by molar-refractivity contribution is 0.0993. The van der Waals surface area contributed by atoms with E-state index in [0.29, 0.717) is 6.04 Å².